The van der Waals surface area contributed by atoms with Crippen molar-refractivity contribution in [2.75, 3.05) is 18.0 Å². The Bertz CT molecular complexity index is 482. The molecular formula is C12H15N5. The van der Waals surface area contributed by atoms with Gasteiger partial charge in [-0.05, 0) is 42.3 Å². The summed E-state index contributed by atoms with van der Waals surface area (Å²) in [5, 5.41) is 3.58. The van der Waals surface area contributed by atoms with Gasteiger partial charge in [-0.2, -0.15) is 0 Å². The molecule has 2 atom stereocenters. The number of hydrogen-bond acceptors (Lipinski definition) is 3. The fourth-order valence-electron chi connectivity index (χ4n) is 2.61. The van der Waals surface area contributed by atoms with E-state index in [2.05, 4.69) is 19.9 Å². The molecule has 88 valence electrons. The van der Waals surface area contributed by atoms with E-state index in [4.69, 9.17) is 5.53 Å². The third-order valence-electron chi connectivity index (χ3n) is 3.79. The zero-order valence-corrected chi connectivity index (χ0v) is 9.87. The standard InChI is InChI=1S/C12H15N5/c1-8-9(5-14-16-13)2-3-12(15-8)17-6-10-4-11(10)7-17/h2-3,10-11H,4-7H2,1H3. The van der Waals surface area contributed by atoms with Gasteiger partial charge in [0.25, 0.3) is 0 Å². The lowest BCUT2D eigenvalue weighted by atomic mass is 10.2. The molecule has 0 bridgehead atoms. The van der Waals surface area contributed by atoms with Gasteiger partial charge >= 0.3 is 0 Å². The Kier molecular flexibility index (Phi) is 2.41. The normalized spacial score (nSPS) is 25.4. The Morgan fingerprint density at radius 2 is 2.24 bits per heavy atom. The average molecular weight is 229 g/mol. The molecule has 0 N–H and O–H groups in total. The predicted molar refractivity (Wildman–Crippen MR) is 65.6 cm³/mol. The van der Waals surface area contributed by atoms with Crippen molar-refractivity contribution in [3.8, 4) is 0 Å². The van der Waals surface area contributed by atoms with E-state index in [9.17, 15) is 0 Å². The average Bonchev–Trinajstić information content (AvgIpc) is 2.95. The molecule has 5 heteroatoms. The number of fused-ring (bicyclic) bond motifs is 1. The fraction of sp³-hybridized carbons (Fsp3) is 0.583. The van der Waals surface area contributed by atoms with Gasteiger partial charge in [-0.25, -0.2) is 4.98 Å². The summed E-state index contributed by atoms with van der Waals surface area (Å²) >= 11 is 0. The van der Waals surface area contributed by atoms with Crippen LogP contribution >= 0.6 is 0 Å². The number of aryl methyl sites for hydroxylation is 1. The monoisotopic (exact) mass is 229 g/mol. The van der Waals surface area contributed by atoms with E-state index in [0.29, 0.717) is 6.54 Å². The molecular weight excluding hydrogens is 214 g/mol. The van der Waals surface area contributed by atoms with E-state index in [1.807, 2.05) is 19.1 Å². The highest BCUT2D eigenvalue weighted by atomic mass is 15.2. The fourth-order valence-corrected chi connectivity index (χ4v) is 2.61. The van der Waals surface area contributed by atoms with E-state index >= 15 is 0 Å². The first-order chi connectivity index (χ1) is 8.28. The quantitative estimate of drug-likeness (QED) is 0.454. The maximum absolute atomic E-state index is 8.31. The van der Waals surface area contributed by atoms with Crippen LogP contribution < -0.4 is 4.90 Å². The van der Waals surface area contributed by atoms with Crippen molar-refractivity contribution >= 4 is 5.82 Å². The lowest BCUT2D eigenvalue weighted by Crippen LogP contribution is -2.23. The first-order valence-corrected chi connectivity index (χ1v) is 6.00. The zero-order chi connectivity index (χ0) is 11.8. The molecule has 2 heterocycles. The van der Waals surface area contributed by atoms with Gasteiger partial charge in [-0.3, -0.25) is 0 Å². The number of hydrogen-bond donors (Lipinski definition) is 0. The number of pyridine rings is 1. The SMILES string of the molecule is Cc1nc(N2CC3CC3C2)ccc1CN=[N+]=[N-]. The topological polar surface area (TPSA) is 64.9 Å². The second-order valence-corrected chi connectivity index (χ2v) is 4.96. The van der Waals surface area contributed by atoms with Gasteiger partial charge in [0.1, 0.15) is 5.82 Å². The molecule has 3 rings (SSSR count). The molecule has 2 unspecified atom stereocenters. The largest absolute Gasteiger partial charge is 0.356 e. The Hall–Kier alpha value is -1.74. The van der Waals surface area contributed by atoms with Crippen molar-refractivity contribution < 1.29 is 0 Å². The van der Waals surface area contributed by atoms with Gasteiger partial charge in [0.05, 0.1) is 6.54 Å². The summed E-state index contributed by atoms with van der Waals surface area (Å²) in [7, 11) is 0. The van der Waals surface area contributed by atoms with Crippen LogP contribution in [-0.2, 0) is 6.54 Å². The molecule has 1 saturated carbocycles. The summed E-state index contributed by atoms with van der Waals surface area (Å²) in [6.07, 6.45) is 1.41. The van der Waals surface area contributed by atoms with Crippen LogP contribution in [0.15, 0.2) is 17.2 Å². The Morgan fingerprint density at radius 3 is 2.88 bits per heavy atom. The maximum atomic E-state index is 8.31. The summed E-state index contributed by atoms with van der Waals surface area (Å²) in [6.45, 7) is 4.68. The first-order valence-electron chi connectivity index (χ1n) is 6.00. The number of aromatic nitrogens is 1. The van der Waals surface area contributed by atoms with Crippen LogP contribution in [0.2, 0.25) is 0 Å². The van der Waals surface area contributed by atoms with Crippen molar-refractivity contribution in [2.45, 2.75) is 19.9 Å². The first kappa shape index (κ1) is 10.4. The molecule has 1 saturated heterocycles. The summed E-state index contributed by atoms with van der Waals surface area (Å²) in [6, 6.07) is 4.07. The van der Waals surface area contributed by atoms with Gasteiger partial charge in [0.2, 0.25) is 0 Å². The predicted octanol–water partition coefficient (Wildman–Crippen LogP) is 2.66. The van der Waals surface area contributed by atoms with Crippen LogP contribution in [0, 0.1) is 18.8 Å². The zero-order valence-electron chi connectivity index (χ0n) is 9.87. The second-order valence-electron chi connectivity index (χ2n) is 4.96. The van der Waals surface area contributed by atoms with Gasteiger partial charge in [-0.15, -0.1) is 0 Å². The molecule has 2 fully saturated rings. The molecule has 0 amide bonds. The third kappa shape index (κ3) is 1.94. The Balaban J connectivity index is 1.78. The third-order valence-corrected chi connectivity index (χ3v) is 3.79. The number of rotatable bonds is 3. The minimum Gasteiger partial charge on any atom is -0.356 e. The Labute approximate surface area is 100 Å². The second kappa shape index (κ2) is 3.93. The summed E-state index contributed by atoms with van der Waals surface area (Å²) in [4.78, 5) is 9.74. The van der Waals surface area contributed by atoms with Crippen molar-refractivity contribution in [3.63, 3.8) is 0 Å². The highest BCUT2D eigenvalue weighted by Crippen LogP contribution is 2.45. The van der Waals surface area contributed by atoms with Gasteiger partial charge < -0.3 is 4.90 Å². The minimum absolute atomic E-state index is 0.390. The van der Waals surface area contributed by atoms with E-state index in [1.54, 1.807) is 0 Å². The molecule has 1 aromatic heterocycles. The lowest BCUT2D eigenvalue weighted by Gasteiger charge is -2.19. The molecule has 1 aliphatic carbocycles. The van der Waals surface area contributed by atoms with Crippen molar-refractivity contribution in [2.24, 2.45) is 17.0 Å². The van der Waals surface area contributed by atoms with Crippen LogP contribution in [0.5, 0.6) is 0 Å². The smallest absolute Gasteiger partial charge is 0.128 e. The van der Waals surface area contributed by atoms with Gasteiger partial charge in [0, 0.05) is 23.7 Å². The molecule has 1 aliphatic heterocycles. The molecule has 17 heavy (non-hydrogen) atoms. The molecule has 0 aromatic carbocycles. The van der Waals surface area contributed by atoms with E-state index in [1.165, 1.54) is 6.42 Å². The van der Waals surface area contributed by atoms with Gasteiger partial charge in [0.15, 0.2) is 0 Å². The lowest BCUT2D eigenvalue weighted by molar-refractivity contribution is 0.800. The summed E-state index contributed by atoms with van der Waals surface area (Å²) in [5.74, 6) is 2.90. The highest BCUT2D eigenvalue weighted by Gasteiger charge is 2.45. The number of nitrogens with zero attached hydrogens (tertiary/aromatic N) is 5. The van der Waals surface area contributed by atoms with Crippen molar-refractivity contribution in [3.05, 3.63) is 33.8 Å². The molecule has 2 aliphatic rings. The van der Waals surface area contributed by atoms with Gasteiger partial charge in [-0.1, -0.05) is 11.2 Å². The van der Waals surface area contributed by atoms with Crippen molar-refractivity contribution in [1.82, 2.24) is 4.98 Å². The highest BCUT2D eigenvalue weighted by molar-refractivity contribution is 5.44. The molecule has 0 spiro atoms. The number of anilines is 1. The van der Waals surface area contributed by atoms with E-state index in [0.717, 1.165) is 42.0 Å². The van der Waals surface area contributed by atoms with E-state index < -0.39 is 0 Å². The number of azide groups is 1. The van der Waals surface area contributed by atoms with Crippen molar-refractivity contribution in [1.29, 1.82) is 0 Å². The van der Waals surface area contributed by atoms with Crippen LogP contribution in [-0.4, -0.2) is 18.1 Å². The van der Waals surface area contributed by atoms with Crippen LogP contribution in [0.1, 0.15) is 17.7 Å². The van der Waals surface area contributed by atoms with Crippen LogP contribution in [0.25, 0.3) is 10.4 Å². The van der Waals surface area contributed by atoms with E-state index in [-0.39, 0.29) is 0 Å². The minimum atomic E-state index is 0.390. The van der Waals surface area contributed by atoms with Crippen LogP contribution in [0.3, 0.4) is 0 Å². The molecule has 1 aromatic rings. The molecule has 0 radical (unpaired) electrons. The molecule has 5 nitrogen and oxygen atoms in total. The Morgan fingerprint density at radius 1 is 1.47 bits per heavy atom. The van der Waals surface area contributed by atoms with Crippen LogP contribution in [0.4, 0.5) is 5.82 Å². The summed E-state index contributed by atoms with van der Waals surface area (Å²) < 4.78 is 0. The maximum Gasteiger partial charge on any atom is 0.128 e. The summed E-state index contributed by atoms with van der Waals surface area (Å²) in [5.41, 5.74) is 10.3. The number of piperidine rings is 1.